The minimum Gasteiger partial charge on any atom is -0.296 e. The van der Waals surface area contributed by atoms with Crippen molar-refractivity contribution < 1.29 is 0 Å². The molecule has 1 unspecified atom stereocenters. The van der Waals surface area contributed by atoms with Crippen molar-refractivity contribution in [2.45, 2.75) is 51.1 Å². The molecule has 3 nitrogen and oxygen atoms in total. The third kappa shape index (κ3) is 2.39. The standard InChI is InChI=1S/C14H23N3/c1-16-10-12(9-15-16)11-17-8-3-2-7-14(17)13-5-4-6-13/h9-10,13-14H,2-8,11H2,1H3. The van der Waals surface area contributed by atoms with Crippen LogP contribution in [0.5, 0.6) is 0 Å². The molecule has 1 saturated carbocycles. The van der Waals surface area contributed by atoms with Crippen molar-refractivity contribution >= 4 is 0 Å². The minimum atomic E-state index is 0.859. The van der Waals surface area contributed by atoms with Crippen LogP contribution >= 0.6 is 0 Å². The zero-order valence-electron chi connectivity index (χ0n) is 10.8. The second kappa shape index (κ2) is 4.81. The average molecular weight is 233 g/mol. The summed E-state index contributed by atoms with van der Waals surface area (Å²) in [6, 6.07) is 0.859. The molecule has 1 aromatic rings. The van der Waals surface area contributed by atoms with E-state index in [1.165, 1.54) is 50.6 Å². The van der Waals surface area contributed by atoms with E-state index in [0.717, 1.165) is 18.5 Å². The van der Waals surface area contributed by atoms with Crippen molar-refractivity contribution in [3.63, 3.8) is 0 Å². The number of rotatable bonds is 3. The highest BCUT2D eigenvalue weighted by atomic mass is 15.2. The number of piperidine rings is 1. The number of hydrogen-bond donors (Lipinski definition) is 0. The van der Waals surface area contributed by atoms with Gasteiger partial charge in [-0.1, -0.05) is 12.8 Å². The van der Waals surface area contributed by atoms with Crippen LogP contribution in [0.3, 0.4) is 0 Å². The molecule has 0 N–H and O–H groups in total. The summed E-state index contributed by atoms with van der Waals surface area (Å²) < 4.78 is 1.91. The summed E-state index contributed by atoms with van der Waals surface area (Å²) in [6.45, 7) is 2.39. The molecule has 0 bridgehead atoms. The first-order chi connectivity index (χ1) is 8.33. The highest BCUT2D eigenvalue weighted by Crippen LogP contribution is 2.36. The van der Waals surface area contributed by atoms with E-state index in [2.05, 4.69) is 16.2 Å². The van der Waals surface area contributed by atoms with Crippen LogP contribution in [-0.2, 0) is 13.6 Å². The van der Waals surface area contributed by atoms with Gasteiger partial charge in [0.05, 0.1) is 6.20 Å². The molecule has 94 valence electrons. The summed E-state index contributed by atoms with van der Waals surface area (Å²) in [6.07, 6.45) is 12.8. The third-order valence-electron chi connectivity index (χ3n) is 4.50. The maximum atomic E-state index is 4.28. The maximum Gasteiger partial charge on any atom is 0.0534 e. The van der Waals surface area contributed by atoms with E-state index in [-0.39, 0.29) is 0 Å². The molecule has 2 aliphatic rings. The molecule has 1 atom stereocenters. The van der Waals surface area contributed by atoms with Gasteiger partial charge in [0, 0.05) is 31.4 Å². The Hall–Kier alpha value is -0.830. The molecule has 1 saturated heterocycles. The van der Waals surface area contributed by atoms with Gasteiger partial charge in [0.15, 0.2) is 0 Å². The summed E-state index contributed by atoms with van der Waals surface area (Å²) >= 11 is 0. The van der Waals surface area contributed by atoms with Crippen LogP contribution in [-0.4, -0.2) is 27.3 Å². The summed E-state index contributed by atoms with van der Waals surface area (Å²) in [5, 5.41) is 4.28. The lowest BCUT2D eigenvalue weighted by molar-refractivity contribution is 0.0571. The van der Waals surface area contributed by atoms with E-state index in [1.807, 2.05) is 17.9 Å². The second-order valence-corrected chi connectivity index (χ2v) is 5.75. The van der Waals surface area contributed by atoms with Gasteiger partial charge in [-0.25, -0.2) is 0 Å². The Kier molecular flexibility index (Phi) is 3.19. The molecule has 3 heteroatoms. The summed E-state index contributed by atoms with van der Waals surface area (Å²) in [5.74, 6) is 0.993. The lowest BCUT2D eigenvalue weighted by Gasteiger charge is -2.44. The van der Waals surface area contributed by atoms with Crippen molar-refractivity contribution in [2.24, 2.45) is 13.0 Å². The molecule has 1 aliphatic heterocycles. The van der Waals surface area contributed by atoms with Crippen molar-refractivity contribution in [3.05, 3.63) is 18.0 Å². The predicted octanol–water partition coefficient (Wildman–Crippen LogP) is 2.57. The van der Waals surface area contributed by atoms with E-state index in [1.54, 1.807) is 0 Å². The first-order valence-corrected chi connectivity index (χ1v) is 7.04. The fraction of sp³-hybridized carbons (Fsp3) is 0.786. The molecule has 17 heavy (non-hydrogen) atoms. The van der Waals surface area contributed by atoms with E-state index in [9.17, 15) is 0 Å². The predicted molar refractivity (Wildman–Crippen MR) is 68.6 cm³/mol. The van der Waals surface area contributed by atoms with E-state index >= 15 is 0 Å². The normalized spacial score (nSPS) is 27.0. The van der Waals surface area contributed by atoms with Crippen LogP contribution in [0.25, 0.3) is 0 Å². The SMILES string of the molecule is Cn1cc(CN2CCCCC2C2CCC2)cn1. The first kappa shape index (κ1) is 11.3. The lowest BCUT2D eigenvalue weighted by Crippen LogP contribution is -2.45. The number of nitrogens with zero attached hydrogens (tertiary/aromatic N) is 3. The van der Waals surface area contributed by atoms with E-state index < -0.39 is 0 Å². The number of aryl methyl sites for hydroxylation is 1. The van der Waals surface area contributed by atoms with Gasteiger partial charge >= 0.3 is 0 Å². The fourth-order valence-corrected chi connectivity index (χ4v) is 3.36. The fourth-order valence-electron chi connectivity index (χ4n) is 3.36. The number of aromatic nitrogens is 2. The Morgan fingerprint density at radius 3 is 2.76 bits per heavy atom. The van der Waals surface area contributed by atoms with Gasteiger partial charge in [0.1, 0.15) is 0 Å². The monoisotopic (exact) mass is 233 g/mol. The summed E-state index contributed by atoms with van der Waals surface area (Å²) in [5.41, 5.74) is 1.37. The van der Waals surface area contributed by atoms with Crippen LogP contribution in [0.1, 0.15) is 44.1 Å². The van der Waals surface area contributed by atoms with Crippen LogP contribution < -0.4 is 0 Å². The Balaban J connectivity index is 1.66. The Morgan fingerprint density at radius 2 is 2.12 bits per heavy atom. The molecule has 0 spiro atoms. The number of hydrogen-bond acceptors (Lipinski definition) is 2. The summed E-state index contributed by atoms with van der Waals surface area (Å²) in [4.78, 5) is 2.71. The molecular weight excluding hydrogens is 210 g/mol. The molecule has 0 amide bonds. The Labute approximate surface area is 104 Å². The van der Waals surface area contributed by atoms with Gasteiger partial charge in [0.2, 0.25) is 0 Å². The first-order valence-electron chi connectivity index (χ1n) is 7.04. The van der Waals surface area contributed by atoms with Crippen molar-refractivity contribution in [3.8, 4) is 0 Å². The zero-order chi connectivity index (χ0) is 11.7. The highest BCUT2D eigenvalue weighted by Gasteiger charge is 2.33. The van der Waals surface area contributed by atoms with Gasteiger partial charge in [0.25, 0.3) is 0 Å². The smallest absolute Gasteiger partial charge is 0.0534 e. The van der Waals surface area contributed by atoms with E-state index in [4.69, 9.17) is 0 Å². The molecular formula is C14H23N3. The van der Waals surface area contributed by atoms with Crippen molar-refractivity contribution in [2.75, 3.05) is 6.54 Å². The lowest BCUT2D eigenvalue weighted by atomic mass is 9.76. The van der Waals surface area contributed by atoms with Crippen LogP contribution in [0.2, 0.25) is 0 Å². The molecule has 0 aromatic carbocycles. The minimum absolute atomic E-state index is 0.859. The van der Waals surface area contributed by atoms with Gasteiger partial charge < -0.3 is 0 Å². The molecule has 2 fully saturated rings. The summed E-state index contributed by atoms with van der Waals surface area (Å²) in [7, 11) is 2.00. The van der Waals surface area contributed by atoms with Gasteiger partial charge in [-0.3, -0.25) is 9.58 Å². The Bertz CT molecular complexity index is 367. The van der Waals surface area contributed by atoms with Crippen LogP contribution in [0, 0.1) is 5.92 Å². The molecule has 0 radical (unpaired) electrons. The van der Waals surface area contributed by atoms with E-state index in [0.29, 0.717) is 0 Å². The zero-order valence-corrected chi connectivity index (χ0v) is 10.8. The van der Waals surface area contributed by atoms with Crippen LogP contribution in [0.15, 0.2) is 12.4 Å². The average Bonchev–Trinajstić information content (AvgIpc) is 2.64. The Morgan fingerprint density at radius 1 is 1.24 bits per heavy atom. The van der Waals surface area contributed by atoms with Gasteiger partial charge in [-0.05, 0) is 38.1 Å². The topological polar surface area (TPSA) is 21.1 Å². The molecule has 2 heterocycles. The van der Waals surface area contributed by atoms with Gasteiger partial charge in [-0.2, -0.15) is 5.10 Å². The number of likely N-dealkylation sites (tertiary alicyclic amines) is 1. The molecule has 3 rings (SSSR count). The van der Waals surface area contributed by atoms with Crippen molar-refractivity contribution in [1.29, 1.82) is 0 Å². The molecule has 1 aliphatic carbocycles. The highest BCUT2D eigenvalue weighted by molar-refractivity contribution is 5.04. The maximum absolute atomic E-state index is 4.28. The third-order valence-corrected chi connectivity index (χ3v) is 4.50. The second-order valence-electron chi connectivity index (χ2n) is 5.75. The largest absolute Gasteiger partial charge is 0.296 e. The molecule has 1 aromatic heterocycles. The quantitative estimate of drug-likeness (QED) is 0.800. The van der Waals surface area contributed by atoms with Gasteiger partial charge in [-0.15, -0.1) is 0 Å². The van der Waals surface area contributed by atoms with Crippen molar-refractivity contribution in [1.82, 2.24) is 14.7 Å². The van der Waals surface area contributed by atoms with Crippen LogP contribution in [0.4, 0.5) is 0 Å².